The van der Waals surface area contributed by atoms with Gasteiger partial charge in [0.25, 0.3) is 0 Å². The predicted octanol–water partition coefficient (Wildman–Crippen LogP) is 1.91. The molecular weight excluding hydrogens is 232 g/mol. The molecule has 1 atom stereocenters. The number of amides is 2. The van der Waals surface area contributed by atoms with E-state index in [0.29, 0.717) is 0 Å². The van der Waals surface area contributed by atoms with Gasteiger partial charge in [0.15, 0.2) is 0 Å². The smallest absolute Gasteiger partial charge is 0.408 e. The third kappa shape index (κ3) is 4.94. The number of ether oxygens (including phenoxy) is 1. The lowest BCUT2D eigenvalue weighted by Crippen LogP contribution is -2.47. The maximum absolute atomic E-state index is 11.9. The van der Waals surface area contributed by atoms with Crippen LogP contribution in [0.25, 0.3) is 0 Å². The van der Waals surface area contributed by atoms with Gasteiger partial charge in [0, 0.05) is 12.6 Å². The van der Waals surface area contributed by atoms with Crippen molar-refractivity contribution >= 4 is 12.0 Å². The van der Waals surface area contributed by atoms with Crippen LogP contribution in [0.15, 0.2) is 0 Å². The van der Waals surface area contributed by atoms with E-state index in [0.717, 1.165) is 19.4 Å². The lowest BCUT2D eigenvalue weighted by atomic mass is 10.0. The van der Waals surface area contributed by atoms with Gasteiger partial charge in [0.1, 0.15) is 12.1 Å². The van der Waals surface area contributed by atoms with E-state index >= 15 is 0 Å². The molecule has 1 rings (SSSR count). The van der Waals surface area contributed by atoms with Crippen LogP contribution in [0.3, 0.4) is 0 Å². The van der Waals surface area contributed by atoms with Gasteiger partial charge in [-0.3, -0.25) is 4.79 Å². The molecule has 1 aliphatic heterocycles. The van der Waals surface area contributed by atoms with Crippen LogP contribution >= 0.6 is 0 Å². The summed E-state index contributed by atoms with van der Waals surface area (Å²) in [7, 11) is 0. The van der Waals surface area contributed by atoms with Crippen molar-refractivity contribution in [3.63, 3.8) is 0 Å². The minimum absolute atomic E-state index is 0.0131. The molecule has 0 aromatic rings. The van der Waals surface area contributed by atoms with Crippen molar-refractivity contribution in [1.29, 1.82) is 0 Å². The zero-order valence-corrected chi connectivity index (χ0v) is 11.8. The van der Waals surface area contributed by atoms with Gasteiger partial charge in [-0.1, -0.05) is 0 Å². The molecule has 104 valence electrons. The van der Waals surface area contributed by atoms with Crippen molar-refractivity contribution in [3.05, 3.63) is 0 Å². The first kappa shape index (κ1) is 14.8. The Morgan fingerprint density at radius 3 is 2.56 bits per heavy atom. The minimum Gasteiger partial charge on any atom is -0.444 e. The molecule has 0 saturated carbocycles. The van der Waals surface area contributed by atoms with Gasteiger partial charge in [-0.15, -0.1) is 0 Å². The number of hydrogen-bond acceptors (Lipinski definition) is 3. The summed E-state index contributed by atoms with van der Waals surface area (Å²) < 4.78 is 5.08. The lowest BCUT2D eigenvalue weighted by Gasteiger charge is -2.33. The van der Waals surface area contributed by atoms with Crippen LogP contribution in [0.5, 0.6) is 0 Å². The van der Waals surface area contributed by atoms with Crippen LogP contribution in [-0.2, 0) is 9.53 Å². The molecule has 5 heteroatoms. The molecule has 5 nitrogen and oxygen atoms in total. The maximum Gasteiger partial charge on any atom is 0.408 e. The molecule has 1 N–H and O–H groups in total. The highest BCUT2D eigenvalue weighted by Gasteiger charge is 2.24. The molecule has 0 aromatic carbocycles. The lowest BCUT2D eigenvalue weighted by molar-refractivity contribution is -0.133. The Balaban J connectivity index is 2.34. The third-order valence-electron chi connectivity index (χ3n) is 2.91. The second-order valence-electron chi connectivity index (χ2n) is 5.79. The van der Waals surface area contributed by atoms with E-state index in [-0.39, 0.29) is 18.5 Å². The summed E-state index contributed by atoms with van der Waals surface area (Å²) in [6, 6.07) is 0.270. The Morgan fingerprint density at radius 1 is 1.33 bits per heavy atom. The molecule has 0 bridgehead atoms. The summed E-state index contributed by atoms with van der Waals surface area (Å²) in [6.07, 6.45) is 2.71. The monoisotopic (exact) mass is 256 g/mol. The summed E-state index contributed by atoms with van der Waals surface area (Å²) in [4.78, 5) is 25.2. The van der Waals surface area contributed by atoms with Crippen molar-refractivity contribution < 1.29 is 14.3 Å². The number of carbonyl (C=O) groups excluding carboxylic acids is 2. The molecule has 18 heavy (non-hydrogen) atoms. The van der Waals surface area contributed by atoms with Gasteiger partial charge in [0.05, 0.1) is 0 Å². The van der Waals surface area contributed by atoms with Crippen LogP contribution in [0.1, 0.15) is 47.0 Å². The Labute approximate surface area is 109 Å². The number of carbonyl (C=O) groups is 2. The average Bonchev–Trinajstić information content (AvgIpc) is 2.24. The van der Waals surface area contributed by atoms with Crippen molar-refractivity contribution in [2.45, 2.75) is 58.6 Å². The van der Waals surface area contributed by atoms with Gasteiger partial charge in [0.2, 0.25) is 5.91 Å². The van der Waals surface area contributed by atoms with Gasteiger partial charge in [-0.05, 0) is 47.0 Å². The van der Waals surface area contributed by atoms with Crippen molar-refractivity contribution in [3.8, 4) is 0 Å². The molecule has 1 aliphatic rings. The van der Waals surface area contributed by atoms with E-state index in [1.807, 2.05) is 11.8 Å². The van der Waals surface area contributed by atoms with Gasteiger partial charge in [-0.2, -0.15) is 0 Å². The number of hydrogen-bond donors (Lipinski definition) is 1. The highest BCUT2D eigenvalue weighted by atomic mass is 16.6. The first-order chi connectivity index (χ1) is 8.29. The van der Waals surface area contributed by atoms with E-state index in [1.54, 1.807) is 20.8 Å². The van der Waals surface area contributed by atoms with Gasteiger partial charge in [-0.25, -0.2) is 4.79 Å². The summed E-state index contributed by atoms with van der Waals surface area (Å²) in [5, 5.41) is 2.50. The number of alkyl carbamates (subject to hydrolysis) is 1. The molecule has 0 radical (unpaired) electrons. The second kappa shape index (κ2) is 6.07. The quantitative estimate of drug-likeness (QED) is 0.821. The van der Waals surface area contributed by atoms with Crippen LogP contribution in [0.4, 0.5) is 4.79 Å². The average molecular weight is 256 g/mol. The van der Waals surface area contributed by atoms with Crippen LogP contribution in [0, 0.1) is 0 Å². The fraction of sp³-hybridized carbons (Fsp3) is 0.846. The molecule has 1 saturated heterocycles. The molecule has 0 spiro atoms. The van der Waals surface area contributed by atoms with E-state index in [9.17, 15) is 9.59 Å². The SMILES string of the molecule is CC1CCCCN1C(=O)CNC(=O)OC(C)(C)C. The highest BCUT2D eigenvalue weighted by molar-refractivity contribution is 5.82. The van der Waals surface area contributed by atoms with Crippen molar-refractivity contribution in [1.82, 2.24) is 10.2 Å². The Bertz CT molecular complexity index is 310. The number of rotatable bonds is 2. The van der Waals surface area contributed by atoms with Crippen LogP contribution in [-0.4, -0.2) is 41.6 Å². The highest BCUT2D eigenvalue weighted by Crippen LogP contribution is 2.16. The summed E-state index contributed by atoms with van der Waals surface area (Å²) >= 11 is 0. The molecule has 0 aliphatic carbocycles. The predicted molar refractivity (Wildman–Crippen MR) is 69.3 cm³/mol. The number of piperidine rings is 1. The first-order valence-electron chi connectivity index (χ1n) is 6.56. The summed E-state index contributed by atoms with van der Waals surface area (Å²) in [6.45, 7) is 8.23. The van der Waals surface area contributed by atoms with Crippen LogP contribution < -0.4 is 5.32 Å². The van der Waals surface area contributed by atoms with Crippen LogP contribution in [0.2, 0.25) is 0 Å². The molecule has 0 aromatic heterocycles. The minimum atomic E-state index is -0.541. The van der Waals surface area contributed by atoms with E-state index < -0.39 is 11.7 Å². The standard InChI is InChI=1S/C13H24N2O3/c1-10-7-5-6-8-15(10)11(16)9-14-12(17)18-13(2,3)4/h10H,5-9H2,1-4H3,(H,14,17). The van der Waals surface area contributed by atoms with Gasteiger partial charge >= 0.3 is 6.09 Å². The molecule has 1 heterocycles. The third-order valence-corrected chi connectivity index (χ3v) is 2.91. The first-order valence-corrected chi connectivity index (χ1v) is 6.56. The molecule has 1 fully saturated rings. The largest absolute Gasteiger partial charge is 0.444 e. The Hall–Kier alpha value is -1.26. The van der Waals surface area contributed by atoms with Crippen molar-refractivity contribution in [2.75, 3.05) is 13.1 Å². The molecule has 2 amide bonds. The Kier molecular flexibility index (Phi) is 4.99. The molecule has 1 unspecified atom stereocenters. The summed E-state index contributed by atoms with van der Waals surface area (Å²) in [5.74, 6) is -0.0342. The molecular formula is C13H24N2O3. The Morgan fingerprint density at radius 2 is 2.00 bits per heavy atom. The maximum atomic E-state index is 11.9. The zero-order valence-electron chi connectivity index (χ0n) is 11.8. The number of likely N-dealkylation sites (tertiary alicyclic amines) is 1. The van der Waals surface area contributed by atoms with Crippen molar-refractivity contribution in [2.24, 2.45) is 0 Å². The number of nitrogens with one attached hydrogen (secondary N) is 1. The fourth-order valence-electron chi connectivity index (χ4n) is 2.03. The fourth-order valence-corrected chi connectivity index (χ4v) is 2.03. The summed E-state index contributed by atoms with van der Waals surface area (Å²) in [5.41, 5.74) is -0.536. The normalized spacial score (nSPS) is 20.4. The second-order valence-corrected chi connectivity index (χ2v) is 5.79. The van der Waals surface area contributed by atoms with Gasteiger partial charge < -0.3 is 15.0 Å². The number of nitrogens with zero attached hydrogens (tertiary/aromatic N) is 1. The van der Waals surface area contributed by atoms with E-state index in [1.165, 1.54) is 6.42 Å². The van der Waals surface area contributed by atoms with E-state index in [2.05, 4.69) is 5.32 Å². The zero-order chi connectivity index (χ0) is 13.8. The topological polar surface area (TPSA) is 58.6 Å². The van der Waals surface area contributed by atoms with E-state index in [4.69, 9.17) is 4.74 Å².